The average Bonchev–Trinajstić information content (AvgIpc) is 2.39. The average molecular weight is 304 g/mol. The summed E-state index contributed by atoms with van der Waals surface area (Å²) in [7, 11) is -3.94. The highest BCUT2D eigenvalue weighted by Gasteiger charge is 2.26. The number of hydrogen-bond acceptors (Lipinski definition) is 4. The number of ether oxygens (including phenoxy) is 1. The van der Waals surface area contributed by atoms with Gasteiger partial charge in [-0.2, -0.15) is 12.7 Å². The Morgan fingerprint density at radius 3 is 2.60 bits per heavy atom. The molecule has 9 heteroatoms. The third-order valence-corrected chi connectivity index (χ3v) is 4.30. The van der Waals surface area contributed by atoms with Gasteiger partial charge in [-0.3, -0.25) is 4.72 Å². The van der Waals surface area contributed by atoms with Gasteiger partial charge in [0.25, 0.3) is 0 Å². The molecule has 1 saturated heterocycles. The Hall–Kier alpha value is -1.71. The second-order valence-electron chi connectivity index (χ2n) is 4.09. The topological polar surface area (TPSA) is 95.9 Å². The number of carboxylic acids is 1. The molecule has 2 N–H and O–H groups in total. The van der Waals surface area contributed by atoms with E-state index in [0.29, 0.717) is 0 Å². The van der Waals surface area contributed by atoms with E-state index in [4.69, 9.17) is 9.84 Å². The van der Waals surface area contributed by atoms with Gasteiger partial charge >= 0.3 is 16.2 Å². The maximum Gasteiger partial charge on any atom is 0.340 e. The highest BCUT2D eigenvalue weighted by atomic mass is 32.2. The van der Waals surface area contributed by atoms with E-state index in [2.05, 4.69) is 4.72 Å². The molecule has 0 amide bonds. The fourth-order valence-corrected chi connectivity index (χ4v) is 3.02. The number of anilines is 1. The van der Waals surface area contributed by atoms with Gasteiger partial charge in [-0.25, -0.2) is 9.18 Å². The standard InChI is InChI=1S/C11H13FN2O5S/c12-8-2-1-3-9(10(8)11(15)16)13-20(17,18)14-4-6-19-7-5-14/h1-3,13H,4-7H2,(H,15,16). The molecule has 0 saturated carbocycles. The third kappa shape index (κ3) is 3.06. The van der Waals surface area contributed by atoms with Crippen LogP contribution in [0.5, 0.6) is 0 Å². The number of carbonyl (C=O) groups is 1. The lowest BCUT2D eigenvalue weighted by molar-refractivity contribution is 0.0692. The van der Waals surface area contributed by atoms with Crippen LogP contribution in [0.3, 0.4) is 0 Å². The summed E-state index contributed by atoms with van der Waals surface area (Å²) in [5.74, 6) is -2.54. The molecule has 0 atom stereocenters. The van der Waals surface area contributed by atoms with Crippen molar-refractivity contribution in [1.82, 2.24) is 4.31 Å². The molecule has 0 spiro atoms. The van der Waals surface area contributed by atoms with E-state index >= 15 is 0 Å². The molecule has 1 aromatic rings. The minimum absolute atomic E-state index is 0.160. The van der Waals surface area contributed by atoms with E-state index < -0.39 is 27.6 Å². The Balaban J connectivity index is 2.29. The second-order valence-corrected chi connectivity index (χ2v) is 5.76. The number of benzene rings is 1. The van der Waals surface area contributed by atoms with Crippen molar-refractivity contribution in [2.75, 3.05) is 31.0 Å². The Morgan fingerprint density at radius 2 is 2.00 bits per heavy atom. The smallest absolute Gasteiger partial charge is 0.340 e. The van der Waals surface area contributed by atoms with Gasteiger partial charge in [-0.15, -0.1) is 0 Å². The minimum atomic E-state index is -3.94. The second kappa shape index (κ2) is 5.73. The quantitative estimate of drug-likeness (QED) is 0.845. The molecular formula is C11H13FN2O5S. The van der Waals surface area contributed by atoms with Crippen LogP contribution >= 0.6 is 0 Å². The normalized spacial score (nSPS) is 16.9. The van der Waals surface area contributed by atoms with E-state index in [0.717, 1.165) is 10.4 Å². The third-order valence-electron chi connectivity index (χ3n) is 2.78. The largest absolute Gasteiger partial charge is 0.478 e. The zero-order valence-electron chi connectivity index (χ0n) is 10.4. The number of aromatic carboxylic acids is 1. The Labute approximate surface area is 115 Å². The Bertz CT molecular complexity index is 613. The number of hydrogen-bond donors (Lipinski definition) is 2. The summed E-state index contributed by atoms with van der Waals surface area (Å²) in [4.78, 5) is 11.0. The van der Waals surface area contributed by atoms with Crippen LogP contribution in [0.4, 0.5) is 10.1 Å². The minimum Gasteiger partial charge on any atom is -0.478 e. The zero-order chi connectivity index (χ0) is 14.8. The molecule has 1 fully saturated rings. The zero-order valence-corrected chi connectivity index (χ0v) is 11.2. The summed E-state index contributed by atoms with van der Waals surface area (Å²) in [6.45, 7) is 0.839. The highest BCUT2D eigenvalue weighted by molar-refractivity contribution is 7.90. The first-order valence-electron chi connectivity index (χ1n) is 5.79. The molecular weight excluding hydrogens is 291 g/mol. The van der Waals surface area contributed by atoms with Crippen molar-refractivity contribution in [2.24, 2.45) is 0 Å². The summed E-state index contributed by atoms with van der Waals surface area (Å²) >= 11 is 0. The van der Waals surface area contributed by atoms with Crippen molar-refractivity contribution in [3.8, 4) is 0 Å². The molecule has 1 heterocycles. The maximum atomic E-state index is 13.5. The van der Waals surface area contributed by atoms with Crippen molar-refractivity contribution < 1.29 is 27.4 Å². The van der Waals surface area contributed by atoms with E-state index in [1.807, 2.05) is 0 Å². The van der Waals surface area contributed by atoms with Gasteiger partial charge in [-0.1, -0.05) is 6.07 Å². The number of morpholine rings is 1. The first-order valence-corrected chi connectivity index (χ1v) is 7.23. The lowest BCUT2D eigenvalue weighted by atomic mass is 10.2. The molecule has 2 rings (SSSR count). The van der Waals surface area contributed by atoms with Crippen molar-refractivity contribution in [1.29, 1.82) is 0 Å². The van der Waals surface area contributed by atoms with Crippen molar-refractivity contribution in [2.45, 2.75) is 0 Å². The Kier molecular flexibility index (Phi) is 4.21. The SMILES string of the molecule is O=C(O)c1c(F)cccc1NS(=O)(=O)N1CCOCC1. The van der Waals surface area contributed by atoms with E-state index in [9.17, 15) is 17.6 Å². The molecule has 1 aliphatic rings. The summed E-state index contributed by atoms with van der Waals surface area (Å²) in [5, 5.41) is 8.95. The first-order chi connectivity index (χ1) is 9.42. The van der Waals surface area contributed by atoms with Gasteiger partial charge in [0, 0.05) is 13.1 Å². The Morgan fingerprint density at radius 1 is 1.35 bits per heavy atom. The predicted octanol–water partition coefficient (Wildman–Crippen LogP) is 0.513. The van der Waals surface area contributed by atoms with Crippen LogP contribution in [-0.2, 0) is 14.9 Å². The summed E-state index contributed by atoms with van der Waals surface area (Å²) in [5.41, 5.74) is -1.01. The molecule has 110 valence electrons. The molecule has 0 aromatic heterocycles. The van der Waals surface area contributed by atoms with Crippen molar-refractivity contribution >= 4 is 21.9 Å². The molecule has 0 radical (unpaired) electrons. The van der Waals surface area contributed by atoms with Crippen LogP contribution < -0.4 is 4.72 Å². The fraction of sp³-hybridized carbons (Fsp3) is 0.364. The summed E-state index contributed by atoms with van der Waals surface area (Å²) in [6, 6.07) is 3.39. The number of nitrogens with zero attached hydrogens (tertiary/aromatic N) is 1. The van der Waals surface area contributed by atoms with Crippen LogP contribution in [0.25, 0.3) is 0 Å². The van der Waals surface area contributed by atoms with Crippen LogP contribution in [0.2, 0.25) is 0 Å². The number of rotatable bonds is 4. The lowest BCUT2D eigenvalue weighted by Gasteiger charge is -2.26. The number of carboxylic acid groups (broad SMARTS) is 1. The number of halogens is 1. The van der Waals surface area contributed by atoms with Gasteiger partial charge in [-0.05, 0) is 12.1 Å². The van der Waals surface area contributed by atoms with Crippen LogP contribution in [0.1, 0.15) is 10.4 Å². The lowest BCUT2D eigenvalue weighted by Crippen LogP contribution is -2.43. The van der Waals surface area contributed by atoms with E-state index in [-0.39, 0.29) is 32.0 Å². The summed E-state index contributed by atoms with van der Waals surface area (Å²) in [6.07, 6.45) is 0. The van der Waals surface area contributed by atoms with Crippen molar-refractivity contribution in [3.05, 3.63) is 29.6 Å². The monoisotopic (exact) mass is 304 g/mol. The van der Waals surface area contributed by atoms with Crippen LogP contribution in [0, 0.1) is 5.82 Å². The van der Waals surface area contributed by atoms with Crippen LogP contribution in [0.15, 0.2) is 18.2 Å². The molecule has 20 heavy (non-hydrogen) atoms. The van der Waals surface area contributed by atoms with Crippen LogP contribution in [-0.4, -0.2) is 50.1 Å². The molecule has 1 aromatic carbocycles. The van der Waals surface area contributed by atoms with Gasteiger partial charge in [0.2, 0.25) is 0 Å². The molecule has 0 aliphatic carbocycles. The maximum absolute atomic E-state index is 13.5. The number of nitrogens with one attached hydrogen (secondary N) is 1. The van der Waals surface area contributed by atoms with Gasteiger partial charge in [0.15, 0.2) is 0 Å². The van der Waals surface area contributed by atoms with E-state index in [1.165, 1.54) is 12.1 Å². The predicted molar refractivity (Wildman–Crippen MR) is 68.3 cm³/mol. The van der Waals surface area contributed by atoms with Gasteiger partial charge in [0.1, 0.15) is 11.4 Å². The highest BCUT2D eigenvalue weighted by Crippen LogP contribution is 2.21. The van der Waals surface area contributed by atoms with E-state index in [1.54, 1.807) is 0 Å². The first kappa shape index (κ1) is 14.7. The fourth-order valence-electron chi connectivity index (χ4n) is 1.82. The molecule has 0 unspecified atom stereocenters. The summed E-state index contributed by atoms with van der Waals surface area (Å²) < 4.78 is 45.9. The van der Waals surface area contributed by atoms with Crippen molar-refractivity contribution in [3.63, 3.8) is 0 Å². The molecule has 0 bridgehead atoms. The van der Waals surface area contributed by atoms with Gasteiger partial charge in [0.05, 0.1) is 18.9 Å². The molecule has 7 nitrogen and oxygen atoms in total. The molecule has 1 aliphatic heterocycles. The van der Waals surface area contributed by atoms with Gasteiger partial charge < -0.3 is 9.84 Å².